The fourth-order valence-corrected chi connectivity index (χ4v) is 5.64. The molecule has 7 heteroatoms. The molecule has 3 aromatic carbocycles. The quantitative estimate of drug-likeness (QED) is 0.302. The predicted octanol–water partition coefficient (Wildman–Crippen LogP) is 5.71. The van der Waals surface area contributed by atoms with Crippen LogP contribution in [-0.4, -0.2) is 15.7 Å². The fraction of sp³-hybridized carbons (Fsp3) is 0.200. The van der Waals surface area contributed by atoms with Gasteiger partial charge in [0.05, 0.1) is 12.7 Å². The predicted molar refractivity (Wildman–Crippen MR) is 141 cm³/mol. The molecular weight excluding hydrogens is 467 g/mol. The van der Waals surface area contributed by atoms with Crippen LogP contribution in [0.3, 0.4) is 0 Å². The monoisotopic (exact) mass is 492 g/mol. The van der Waals surface area contributed by atoms with Gasteiger partial charge in [-0.25, -0.2) is 4.39 Å². The number of fused-ring (bicyclic) bond motifs is 9. The molecule has 0 fully saturated rings. The second kappa shape index (κ2) is 8.15. The van der Waals surface area contributed by atoms with Crippen LogP contribution >= 0.6 is 0 Å². The topological polar surface area (TPSA) is 72.1 Å². The number of nitrogens with zero attached hydrogens (tertiary/aromatic N) is 2. The first-order valence-corrected chi connectivity index (χ1v) is 12.4. The van der Waals surface area contributed by atoms with Gasteiger partial charge in [0.15, 0.2) is 0 Å². The summed E-state index contributed by atoms with van der Waals surface area (Å²) < 4.78 is 22.8. The Balaban J connectivity index is 1.19. The maximum Gasteiger partial charge on any atom is 0.251 e. The summed E-state index contributed by atoms with van der Waals surface area (Å²) in [5.41, 5.74) is 7.96. The Labute approximate surface area is 212 Å². The van der Waals surface area contributed by atoms with Crippen molar-refractivity contribution in [2.45, 2.75) is 40.0 Å². The van der Waals surface area contributed by atoms with Crippen LogP contribution in [0.4, 0.5) is 4.39 Å². The van der Waals surface area contributed by atoms with Crippen molar-refractivity contribution >= 4 is 38.6 Å². The van der Waals surface area contributed by atoms with E-state index in [-0.39, 0.29) is 18.3 Å². The number of aromatic nitrogens is 2. The highest BCUT2D eigenvalue weighted by Gasteiger charge is 2.21. The zero-order valence-electron chi connectivity index (χ0n) is 20.6. The molecule has 1 aliphatic rings. The number of nitrogens with one attached hydrogen (secondary N) is 2. The number of hydrogen-bond acceptors (Lipinski definition) is 4. The highest BCUT2D eigenvalue weighted by molar-refractivity contribution is 6.25. The van der Waals surface area contributed by atoms with Gasteiger partial charge in [0.25, 0.3) is 5.91 Å². The minimum atomic E-state index is -0.274. The lowest BCUT2D eigenvalue weighted by Gasteiger charge is -2.13. The zero-order valence-corrected chi connectivity index (χ0v) is 20.6. The first kappa shape index (κ1) is 22.0. The van der Waals surface area contributed by atoms with E-state index in [0.717, 1.165) is 67.1 Å². The molecule has 2 N–H and O–H groups in total. The van der Waals surface area contributed by atoms with E-state index in [1.54, 1.807) is 12.1 Å². The summed E-state index contributed by atoms with van der Waals surface area (Å²) in [4.78, 5) is 13.1. The summed E-state index contributed by atoms with van der Waals surface area (Å²) in [7, 11) is 0. The summed E-state index contributed by atoms with van der Waals surface area (Å²) in [6, 6.07) is 13.5. The van der Waals surface area contributed by atoms with E-state index in [2.05, 4.69) is 33.9 Å². The molecule has 184 valence electrons. The molecule has 0 saturated heterocycles. The fourth-order valence-electron chi connectivity index (χ4n) is 5.64. The molecule has 0 saturated carbocycles. The highest BCUT2D eigenvalue weighted by Crippen LogP contribution is 2.41. The summed E-state index contributed by atoms with van der Waals surface area (Å²) in [5, 5.41) is 14.6. The van der Waals surface area contributed by atoms with E-state index in [9.17, 15) is 9.18 Å². The highest BCUT2D eigenvalue weighted by atomic mass is 19.1. The molecule has 6 aromatic rings. The third-order valence-corrected chi connectivity index (χ3v) is 7.58. The van der Waals surface area contributed by atoms with Crippen LogP contribution in [0.2, 0.25) is 0 Å². The Kier molecular flexibility index (Phi) is 4.84. The van der Waals surface area contributed by atoms with Gasteiger partial charge in [-0.1, -0.05) is 12.1 Å². The Bertz CT molecular complexity index is 1850. The van der Waals surface area contributed by atoms with Gasteiger partial charge in [-0.3, -0.25) is 9.48 Å². The Morgan fingerprint density at radius 3 is 2.65 bits per heavy atom. The number of carbonyl (C=O) groups is 1. The average molecular weight is 493 g/mol. The molecule has 1 aliphatic heterocycles. The Morgan fingerprint density at radius 1 is 1.05 bits per heavy atom. The molecule has 0 atom stereocenters. The molecule has 0 unspecified atom stereocenters. The molecule has 0 aliphatic carbocycles. The van der Waals surface area contributed by atoms with Crippen molar-refractivity contribution in [1.82, 2.24) is 20.4 Å². The van der Waals surface area contributed by atoms with E-state index in [0.29, 0.717) is 24.2 Å². The molecule has 1 amide bonds. The Morgan fingerprint density at radius 2 is 1.84 bits per heavy atom. The van der Waals surface area contributed by atoms with Crippen molar-refractivity contribution in [3.8, 4) is 0 Å². The van der Waals surface area contributed by atoms with Crippen molar-refractivity contribution in [2.24, 2.45) is 0 Å². The van der Waals surface area contributed by atoms with Crippen LogP contribution in [0, 0.1) is 19.7 Å². The lowest BCUT2D eigenvalue weighted by Crippen LogP contribution is -2.24. The number of benzene rings is 4. The molecule has 3 aromatic heterocycles. The summed E-state index contributed by atoms with van der Waals surface area (Å²) >= 11 is 0. The molecule has 4 heterocycles. The summed E-state index contributed by atoms with van der Waals surface area (Å²) in [6.45, 7) is 6.18. The number of furan rings is 2. The molecule has 2 bridgehead atoms. The maximum atomic E-state index is 14.7. The van der Waals surface area contributed by atoms with Gasteiger partial charge >= 0.3 is 0 Å². The van der Waals surface area contributed by atoms with Gasteiger partial charge < -0.3 is 15.1 Å². The van der Waals surface area contributed by atoms with E-state index in [1.165, 1.54) is 0 Å². The van der Waals surface area contributed by atoms with Crippen LogP contribution in [0.25, 0.3) is 32.7 Å². The molecule has 0 spiro atoms. The minimum Gasteiger partial charge on any atom is -0.455 e. The van der Waals surface area contributed by atoms with Gasteiger partial charge in [0.2, 0.25) is 0 Å². The van der Waals surface area contributed by atoms with Crippen molar-refractivity contribution in [2.75, 3.05) is 0 Å². The number of rotatable bonds is 5. The number of carbonyl (C=O) groups excluding carboxylic acids is 1. The Hall–Kier alpha value is -4.23. The number of hydrogen-bond donors (Lipinski definition) is 2. The standard InChI is InChI=1S/C30H25FN4O2/c1-16-10-34-35(14-16)15-18-3-5-21-23(7-18)29-24-8-19(4-6-22(24)28(21)37-29)30(36)33-13-26-17(2)25-12-32-11-20(25)9-27(26)31/h3-10,14,32H,11-13,15H2,1-2H3,(H,33,36). The van der Waals surface area contributed by atoms with Gasteiger partial charge in [0.1, 0.15) is 17.0 Å². The van der Waals surface area contributed by atoms with Crippen LogP contribution < -0.4 is 10.6 Å². The van der Waals surface area contributed by atoms with E-state index >= 15 is 0 Å². The zero-order chi connectivity index (χ0) is 25.3. The SMILES string of the molecule is Cc1cnn(Cc2ccc3c(c2)c2oc3c3ccc(C(=O)NCc4c(F)cc5c(c4C)CNC5)cc32)c1. The smallest absolute Gasteiger partial charge is 0.251 e. The van der Waals surface area contributed by atoms with Crippen molar-refractivity contribution in [3.63, 3.8) is 0 Å². The third kappa shape index (κ3) is 3.49. The van der Waals surface area contributed by atoms with Crippen molar-refractivity contribution in [3.05, 3.63) is 99.6 Å². The second-order valence-electron chi connectivity index (χ2n) is 10.0. The van der Waals surface area contributed by atoms with Gasteiger partial charge in [-0.2, -0.15) is 5.10 Å². The first-order valence-electron chi connectivity index (χ1n) is 12.4. The van der Waals surface area contributed by atoms with Crippen molar-refractivity contribution in [1.29, 1.82) is 0 Å². The number of amides is 1. The number of aryl methyl sites for hydroxylation is 1. The second-order valence-corrected chi connectivity index (χ2v) is 10.0. The minimum absolute atomic E-state index is 0.143. The molecule has 7 rings (SSSR count). The first-order chi connectivity index (χ1) is 18.0. The normalized spacial score (nSPS) is 13.3. The van der Waals surface area contributed by atoms with Gasteiger partial charge in [-0.05, 0) is 72.0 Å². The van der Waals surface area contributed by atoms with E-state index in [1.807, 2.05) is 43.1 Å². The van der Waals surface area contributed by atoms with Crippen LogP contribution in [-0.2, 0) is 26.2 Å². The molecule has 6 nitrogen and oxygen atoms in total. The van der Waals surface area contributed by atoms with Gasteiger partial charge in [-0.15, -0.1) is 0 Å². The summed E-state index contributed by atoms with van der Waals surface area (Å²) in [6.07, 6.45) is 3.87. The largest absolute Gasteiger partial charge is 0.455 e. The average Bonchev–Trinajstić information content (AvgIpc) is 3.67. The van der Waals surface area contributed by atoms with E-state index < -0.39 is 0 Å². The molecule has 0 radical (unpaired) electrons. The van der Waals surface area contributed by atoms with Gasteiger partial charge in [0, 0.05) is 58.5 Å². The van der Waals surface area contributed by atoms with Crippen molar-refractivity contribution < 1.29 is 13.6 Å². The van der Waals surface area contributed by atoms with Crippen LogP contribution in [0.1, 0.15) is 43.7 Å². The lowest BCUT2D eigenvalue weighted by atomic mass is 9.98. The van der Waals surface area contributed by atoms with Crippen LogP contribution in [0.5, 0.6) is 0 Å². The maximum absolute atomic E-state index is 14.7. The lowest BCUT2D eigenvalue weighted by molar-refractivity contribution is 0.0950. The molecule has 37 heavy (non-hydrogen) atoms. The molecular formula is C30H25FN4O2. The van der Waals surface area contributed by atoms with Crippen LogP contribution in [0.15, 0.2) is 59.3 Å². The number of halogens is 1. The summed E-state index contributed by atoms with van der Waals surface area (Å²) in [5.74, 6) is -0.513. The van der Waals surface area contributed by atoms with E-state index in [4.69, 9.17) is 4.42 Å². The third-order valence-electron chi connectivity index (χ3n) is 7.58.